The van der Waals surface area contributed by atoms with Gasteiger partial charge in [0.1, 0.15) is 6.17 Å². The molecule has 2 saturated heterocycles. The minimum Gasteiger partial charge on any atom is -0.378 e. The molecule has 0 aromatic rings. The molecule has 2 N–H and O–H groups in total. The molecule has 7 unspecified atom stereocenters. The summed E-state index contributed by atoms with van der Waals surface area (Å²) in [7, 11) is 0. The van der Waals surface area contributed by atoms with Gasteiger partial charge in [-0.05, 0) is 38.5 Å². The molecule has 3 amide bonds. The van der Waals surface area contributed by atoms with E-state index in [-0.39, 0.29) is 37.4 Å². The topological polar surface area (TPSA) is 91.0 Å². The van der Waals surface area contributed by atoms with Gasteiger partial charge in [-0.25, -0.2) is 4.39 Å². The molecule has 4 fully saturated rings. The van der Waals surface area contributed by atoms with Gasteiger partial charge in [-0.2, -0.15) is 13.2 Å². The molecular formula is C26H35ClF4N4O4. The van der Waals surface area contributed by atoms with Crippen molar-refractivity contribution in [1.29, 1.82) is 0 Å². The van der Waals surface area contributed by atoms with Crippen LogP contribution in [-0.2, 0) is 19.1 Å². The quantitative estimate of drug-likeness (QED) is 0.394. The van der Waals surface area contributed by atoms with Crippen molar-refractivity contribution in [3.63, 3.8) is 0 Å². The Morgan fingerprint density at radius 3 is 2.56 bits per heavy atom. The van der Waals surface area contributed by atoms with Crippen LogP contribution in [0.3, 0.4) is 0 Å². The maximum atomic E-state index is 14.5. The molecule has 0 spiro atoms. The van der Waals surface area contributed by atoms with E-state index in [1.165, 1.54) is 6.08 Å². The standard InChI is InChI=1S/C26H35ClF4N4O4/c27-14-10-18(25(38)34-6-8-39-9-7-34)23(19(11-14)26(29,30)31)35-5-4-15(13-35)32-24(37)17-12-21(36)33-22-16(17)2-1-3-20(22)28/h12,14-16,18-20,22-23H,1-11,13H2,(H,32,37)(H,33,36)/t14?,15-,16?,18?,19?,20?,22?,23?/m1/s1. The van der Waals surface area contributed by atoms with Crippen LogP contribution in [0.15, 0.2) is 11.6 Å². The number of hydrogen-bond donors (Lipinski definition) is 2. The van der Waals surface area contributed by atoms with E-state index >= 15 is 0 Å². The average molecular weight is 579 g/mol. The molecule has 8 atom stereocenters. The third-order valence-corrected chi connectivity index (χ3v) is 9.31. The Morgan fingerprint density at radius 2 is 1.85 bits per heavy atom. The van der Waals surface area contributed by atoms with Crippen LogP contribution in [0.1, 0.15) is 38.5 Å². The number of alkyl halides is 5. The molecule has 5 rings (SSSR count). The Morgan fingerprint density at radius 1 is 1.10 bits per heavy atom. The van der Waals surface area contributed by atoms with Crippen LogP contribution >= 0.6 is 11.6 Å². The van der Waals surface area contributed by atoms with Crippen LogP contribution in [0.2, 0.25) is 0 Å². The van der Waals surface area contributed by atoms with E-state index in [1.807, 2.05) is 0 Å². The first-order valence-electron chi connectivity index (χ1n) is 13.8. The van der Waals surface area contributed by atoms with Crippen molar-refractivity contribution in [1.82, 2.24) is 20.4 Å². The molecule has 218 valence electrons. The molecule has 8 nitrogen and oxygen atoms in total. The second kappa shape index (κ2) is 11.5. The van der Waals surface area contributed by atoms with Crippen molar-refractivity contribution < 1.29 is 36.7 Å². The SMILES string of the molecule is O=C1C=C(C(=O)N[C@@H]2CCN(C3C(C(=O)N4CCOCC4)CC(Cl)CC3C(F)(F)F)C2)C2CCCC(F)C2N1. The van der Waals surface area contributed by atoms with Gasteiger partial charge < -0.3 is 20.3 Å². The number of carbonyl (C=O) groups excluding carboxylic acids is 3. The van der Waals surface area contributed by atoms with Gasteiger partial charge >= 0.3 is 6.18 Å². The zero-order valence-corrected chi connectivity index (χ0v) is 22.4. The average Bonchev–Trinajstić information content (AvgIpc) is 3.35. The van der Waals surface area contributed by atoms with Crippen molar-refractivity contribution in [3.8, 4) is 0 Å². The molecule has 3 aliphatic heterocycles. The van der Waals surface area contributed by atoms with Crippen LogP contribution in [0.25, 0.3) is 0 Å². The molecular weight excluding hydrogens is 544 g/mol. The second-order valence-corrected chi connectivity index (χ2v) is 12.0. The number of amides is 3. The largest absolute Gasteiger partial charge is 0.393 e. The van der Waals surface area contributed by atoms with Gasteiger partial charge in [0.2, 0.25) is 17.7 Å². The van der Waals surface area contributed by atoms with Crippen LogP contribution in [0.5, 0.6) is 0 Å². The van der Waals surface area contributed by atoms with E-state index in [1.54, 1.807) is 9.80 Å². The van der Waals surface area contributed by atoms with Crippen LogP contribution < -0.4 is 10.6 Å². The Hall–Kier alpha value is -1.92. The van der Waals surface area contributed by atoms with Crippen LogP contribution in [0, 0.1) is 17.8 Å². The predicted molar refractivity (Wildman–Crippen MR) is 133 cm³/mol. The first-order valence-corrected chi connectivity index (χ1v) is 14.2. The van der Waals surface area contributed by atoms with Gasteiger partial charge in [-0.3, -0.25) is 19.3 Å². The monoisotopic (exact) mass is 578 g/mol. The smallest absolute Gasteiger partial charge is 0.378 e. The van der Waals surface area contributed by atoms with Gasteiger partial charge in [0.25, 0.3) is 0 Å². The fourth-order valence-corrected chi connectivity index (χ4v) is 7.51. The number of fused-ring (bicyclic) bond motifs is 1. The molecule has 3 heterocycles. The van der Waals surface area contributed by atoms with E-state index < -0.39 is 65.4 Å². The number of nitrogens with zero attached hydrogens (tertiary/aromatic N) is 2. The molecule has 0 radical (unpaired) electrons. The number of hydrogen-bond acceptors (Lipinski definition) is 5. The summed E-state index contributed by atoms with van der Waals surface area (Å²) >= 11 is 6.29. The maximum Gasteiger partial charge on any atom is 0.393 e. The summed E-state index contributed by atoms with van der Waals surface area (Å²) in [6, 6.07) is -2.30. The molecule has 0 aromatic carbocycles. The molecule has 5 aliphatic rings. The van der Waals surface area contributed by atoms with E-state index in [2.05, 4.69) is 10.6 Å². The normalized spacial score (nSPS) is 38.0. The van der Waals surface area contributed by atoms with Gasteiger partial charge in [0.05, 0.1) is 31.1 Å². The molecule has 2 saturated carbocycles. The van der Waals surface area contributed by atoms with Crippen molar-refractivity contribution in [2.75, 3.05) is 39.4 Å². The highest BCUT2D eigenvalue weighted by atomic mass is 35.5. The summed E-state index contributed by atoms with van der Waals surface area (Å²) in [4.78, 5) is 42.1. The summed E-state index contributed by atoms with van der Waals surface area (Å²) in [6.45, 7) is 1.76. The predicted octanol–water partition coefficient (Wildman–Crippen LogP) is 2.16. The Labute approximate surface area is 229 Å². The summed E-state index contributed by atoms with van der Waals surface area (Å²) in [5, 5.41) is 4.74. The highest BCUT2D eigenvalue weighted by Crippen LogP contribution is 2.45. The lowest BCUT2D eigenvalue weighted by atomic mass is 9.74. The molecule has 2 aliphatic carbocycles. The Bertz CT molecular complexity index is 991. The zero-order valence-electron chi connectivity index (χ0n) is 21.6. The van der Waals surface area contributed by atoms with E-state index in [9.17, 15) is 31.9 Å². The molecule has 39 heavy (non-hydrogen) atoms. The minimum atomic E-state index is -4.54. The number of nitrogens with one attached hydrogen (secondary N) is 2. The number of rotatable bonds is 4. The third-order valence-electron chi connectivity index (χ3n) is 8.96. The van der Waals surface area contributed by atoms with Crippen molar-refractivity contribution in [2.24, 2.45) is 17.8 Å². The van der Waals surface area contributed by atoms with E-state index in [0.29, 0.717) is 52.0 Å². The maximum absolute atomic E-state index is 14.5. The van der Waals surface area contributed by atoms with Crippen molar-refractivity contribution >= 4 is 29.3 Å². The van der Waals surface area contributed by atoms with Crippen molar-refractivity contribution in [3.05, 3.63) is 11.6 Å². The van der Waals surface area contributed by atoms with Gasteiger partial charge in [-0.15, -0.1) is 11.6 Å². The number of morpholine rings is 1. The Kier molecular flexibility index (Phi) is 8.45. The summed E-state index contributed by atoms with van der Waals surface area (Å²) in [5.74, 6) is -4.47. The van der Waals surface area contributed by atoms with E-state index in [0.717, 1.165) is 0 Å². The minimum absolute atomic E-state index is 0.141. The Balaban J connectivity index is 1.31. The lowest BCUT2D eigenvalue weighted by Crippen LogP contribution is -2.59. The summed E-state index contributed by atoms with van der Waals surface area (Å²) in [5.41, 5.74) is 0.223. The first kappa shape index (κ1) is 28.6. The highest BCUT2D eigenvalue weighted by molar-refractivity contribution is 6.20. The van der Waals surface area contributed by atoms with Gasteiger partial charge in [0.15, 0.2) is 0 Å². The second-order valence-electron chi connectivity index (χ2n) is 11.4. The number of carbonyl (C=O) groups is 3. The lowest BCUT2D eigenvalue weighted by Gasteiger charge is -2.46. The summed E-state index contributed by atoms with van der Waals surface area (Å²) < 4.78 is 62.7. The van der Waals surface area contributed by atoms with Crippen LogP contribution in [-0.4, -0.2) is 103 Å². The molecule has 0 bridgehead atoms. The van der Waals surface area contributed by atoms with E-state index in [4.69, 9.17) is 16.3 Å². The summed E-state index contributed by atoms with van der Waals surface area (Å²) in [6.07, 6.45) is -2.80. The number of halogens is 5. The lowest BCUT2D eigenvalue weighted by molar-refractivity contribution is -0.206. The van der Waals surface area contributed by atoms with Crippen LogP contribution in [0.4, 0.5) is 17.6 Å². The highest BCUT2D eigenvalue weighted by Gasteiger charge is 2.56. The fraction of sp³-hybridized carbons (Fsp3) is 0.808. The first-order chi connectivity index (χ1) is 18.5. The molecule has 0 aromatic heterocycles. The molecule has 13 heteroatoms. The fourth-order valence-electron chi connectivity index (χ4n) is 7.12. The van der Waals surface area contributed by atoms with Gasteiger partial charge in [-0.1, -0.05) is 0 Å². The van der Waals surface area contributed by atoms with Gasteiger partial charge in [0, 0.05) is 61.2 Å². The number of ether oxygens (including phenoxy) is 1. The van der Waals surface area contributed by atoms with Crippen molar-refractivity contribution in [2.45, 2.75) is 74.4 Å². The number of likely N-dealkylation sites (tertiary alicyclic amines) is 1. The third kappa shape index (κ3) is 6.07. The zero-order chi connectivity index (χ0) is 27.9.